The largest absolute Gasteiger partial charge is 0.443 e. The van der Waals surface area contributed by atoms with Gasteiger partial charge in [-0.25, -0.2) is 4.79 Å². The minimum Gasteiger partial charge on any atom is -0.443 e. The summed E-state index contributed by atoms with van der Waals surface area (Å²) in [5.41, 5.74) is 8.28. The minimum atomic E-state index is -0.882. The second-order valence-electron chi connectivity index (χ2n) is 5.74. The molecule has 1 amide bonds. The molecule has 5 nitrogen and oxygen atoms in total. The molecule has 0 aliphatic carbocycles. The molecule has 3 aromatic rings. The number of aliphatic hydroxyl groups is 1. The predicted octanol–water partition coefficient (Wildman–Crippen LogP) is 2.95. The van der Waals surface area contributed by atoms with Gasteiger partial charge in [-0.15, -0.1) is 0 Å². The van der Waals surface area contributed by atoms with E-state index in [1.807, 2.05) is 60.8 Å². The molecule has 0 aliphatic rings. The Bertz CT molecular complexity index is 814. The summed E-state index contributed by atoms with van der Waals surface area (Å²) >= 11 is 0. The van der Waals surface area contributed by atoms with Gasteiger partial charge < -0.3 is 20.6 Å². The van der Waals surface area contributed by atoms with Crippen LogP contribution in [0, 0.1) is 0 Å². The van der Waals surface area contributed by atoms with Crippen molar-refractivity contribution in [3.63, 3.8) is 0 Å². The summed E-state index contributed by atoms with van der Waals surface area (Å²) in [6, 6.07) is 17.8. The Labute approximate surface area is 140 Å². The molecule has 0 bridgehead atoms. The Morgan fingerprint density at radius 2 is 1.83 bits per heavy atom. The number of nitrogens with two attached hydrogens (primary N) is 1. The van der Waals surface area contributed by atoms with Crippen LogP contribution in [0.2, 0.25) is 0 Å². The Morgan fingerprint density at radius 1 is 1.12 bits per heavy atom. The molecule has 5 heteroatoms. The summed E-state index contributed by atoms with van der Waals surface area (Å²) in [5.74, 6) is -0.207. The summed E-state index contributed by atoms with van der Waals surface area (Å²) in [4.78, 5) is 14.5. The quantitative estimate of drug-likeness (QED) is 0.651. The molecule has 0 saturated carbocycles. The highest BCUT2D eigenvalue weighted by Gasteiger charge is 2.28. The summed E-state index contributed by atoms with van der Waals surface area (Å²) in [6.45, 7) is -0.292. The first kappa shape index (κ1) is 16.1. The van der Waals surface area contributed by atoms with Crippen molar-refractivity contribution >= 4 is 17.0 Å². The van der Waals surface area contributed by atoms with Crippen molar-refractivity contribution in [3.05, 3.63) is 71.9 Å². The maximum Gasteiger partial charge on any atom is 0.404 e. The van der Waals surface area contributed by atoms with Crippen molar-refractivity contribution in [3.8, 4) is 0 Å². The van der Waals surface area contributed by atoms with Crippen LogP contribution >= 0.6 is 0 Å². The van der Waals surface area contributed by atoms with Gasteiger partial charge in [-0.05, 0) is 23.6 Å². The first-order valence-electron chi connectivity index (χ1n) is 7.86. The molecular weight excluding hydrogens is 304 g/mol. The van der Waals surface area contributed by atoms with Gasteiger partial charge in [0.25, 0.3) is 0 Å². The smallest absolute Gasteiger partial charge is 0.404 e. The molecule has 0 unspecified atom stereocenters. The van der Waals surface area contributed by atoms with Crippen LogP contribution in [0.4, 0.5) is 4.79 Å². The van der Waals surface area contributed by atoms with E-state index < -0.39 is 12.2 Å². The lowest BCUT2D eigenvalue weighted by molar-refractivity contribution is 0.0469. The predicted molar refractivity (Wildman–Crippen MR) is 92.7 cm³/mol. The monoisotopic (exact) mass is 324 g/mol. The van der Waals surface area contributed by atoms with Crippen LogP contribution in [0.15, 0.2) is 60.8 Å². The standard InChI is InChI=1S/C19H20N2O3/c20-19(23)24-18(12-22)15(10-13-6-2-1-3-7-13)16-11-21-17-9-5-4-8-14(16)17/h1-9,11,15,18,21-22H,10,12H2,(H2,20,23)/t15-,18+/m0/s1. The fourth-order valence-corrected chi connectivity index (χ4v) is 3.11. The molecule has 124 valence electrons. The van der Waals surface area contributed by atoms with E-state index in [0.717, 1.165) is 22.0 Å². The van der Waals surface area contributed by atoms with Gasteiger partial charge in [0.15, 0.2) is 0 Å². The summed E-state index contributed by atoms with van der Waals surface area (Å²) < 4.78 is 5.18. The van der Waals surface area contributed by atoms with Crippen LogP contribution in [-0.2, 0) is 11.2 Å². The molecule has 0 saturated heterocycles. The number of primary amides is 1. The average Bonchev–Trinajstić information content (AvgIpc) is 3.02. The van der Waals surface area contributed by atoms with Crippen LogP contribution in [0.3, 0.4) is 0 Å². The molecular formula is C19H20N2O3. The van der Waals surface area contributed by atoms with E-state index in [9.17, 15) is 9.90 Å². The lowest BCUT2D eigenvalue weighted by atomic mass is 9.87. The first-order chi connectivity index (χ1) is 11.7. The van der Waals surface area contributed by atoms with Gasteiger partial charge in [-0.1, -0.05) is 48.5 Å². The van der Waals surface area contributed by atoms with Gasteiger partial charge in [0, 0.05) is 23.0 Å². The number of amides is 1. The number of hydrogen-bond acceptors (Lipinski definition) is 3. The van der Waals surface area contributed by atoms with Gasteiger partial charge in [0.2, 0.25) is 0 Å². The van der Waals surface area contributed by atoms with Crippen molar-refractivity contribution < 1.29 is 14.6 Å². The summed E-state index contributed by atoms with van der Waals surface area (Å²) in [6.07, 6.45) is 0.945. The number of carbonyl (C=O) groups is 1. The van der Waals surface area contributed by atoms with Crippen LogP contribution in [0.1, 0.15) is 17.0 Å². The van der Waals surface area contributed by atoms with E-state index in [4.69, 9.17) is 10.5 Å². The Morgan fingerprint density at radius 3 is 2.54 bits per heavy atom. The molecule has 24 heavy (non-hydrogen) atoms. The third kappa shape index (κ3) is 3.41. The minimum absolute atomic E-state index is 0.207. The first-order valence-corrected chi connectivity index (χ1v) is 7.86. The number of rotatable bonds is 6. The average molecular weight is 324 g/mol. The molecule has 4 N–H and O–H groups in total. The number of benzene rings is 2. The lowest BCUT2D eigenvalue weighted by Crippen LogP contribution is -2.32. The lowest BCUT2D eigenvalue weighted by Gasteiger charge is -2.25. The number of hydrogen-bond donors (Lipinski definition) is 3. The molecule has 3 rings (SSSR count). The SMILES string of the molecule is NC(=O)O[C@H](CO)[C@@H](Cc1ccccc1)c1c[nH]c2ccccc12. The van der Waals surface area contributed by atoms with Crippen molar-refractivity contribution in [2.75, 3.05) is 6.61 Å². The van der Waals surface area contributed by atoms with E-state index >= 15 is 0 Å². The number of aromatic amines is 1. The second-order valence-corrected chi connectivity index (χ2v) is 5.74. The number of aromatic nitrogens is 1. The van der Waals surface area contributed by atoms with Gasteiger partial charge in [0.05, 0.1) is 6.61 Å². The van der Waals surface area contributed by atoms with E-state index in [1.54, 1.807) is 0 Å². The third-order valence-electron chi connectivity index (χ3n) is 4.22. The van der Waals surface area contributed by atoms with E-state index in [1.165, 1.54) is 0 Å². The Balaban J connectivity index is 2.01. The highest BCUT2D eigenvalue weighted by Crippen LogP contribution is 2.32. The highest BCUT2D eigenvalue weighted by molar-refractivity contribution is 5.83. The zero-order valence-corrected chi connectivity index (χ0v) is 13.2. The summed E-state index contributed by atoms with van der Waals surface area (Å²) in [7, 11) is 0. The van der Waals surface area contributed by atoms with Crippen molar-refractivity contribution in [1.82, 2.24) is 4.98 Å². The van der Waals surface area contributed by atoms with Gasteiger partial charge >= 0.3 is 6.09 Å². The van der Waals surface area contributed by atoms with Crippen LogP contribution in [0.5, 0.6) is 0 Å². The maximum absolute atomic E-state index is 11.2. The Hall–Kier alpha value is -2.79. The molecule has 0 fully saturated rings. The molecule has 0 aliphatic heterocycles. The topological polar surface area (TPSA) is 88.3 Å². The number of H-pyrrole nitrogens is 1. The van der Waals surface area contributed by atoms with Crippen molar-refractivity contribution in [1.29, 1.82) is 0 Å². The number of fused-ring (bicyclic) bond motifs is 1. The number of para-hydroxylation sites is 1. The van der Waals surface area contributed by atoms with Crippen LogP contribution in [-0.4, -0.2) is 28.9 Å². The zero-order chi connectivity index (χ0) is 16.9. The normalized spacial score (nSPS) is 13.5. The van der Waals surface area contributed by atoms with Crippen molar-refractivity contribution in [2.45, 2.75) is 18.4 Å². The highest BCUT2D eigenvalue weighted by atomic mass is 16.6. The number of ether oxygens (including phenoxy) is 1. The molecule has 2 aromatic carbocycles. The number of nitrogens with one attached hydrogen (secondary N) is 1. The number of carbonyl (C=O) groups excluding carboxylic acids is 1. The van der Waals surface area contributed by atoms with Crippen LogP contribution in [0.25, 0.3) is 10.9 Å². The molecule has 1 heterocycles. The third-order valence-corrected chi connectivity index (χ3v) is 4.22. The van der Waals surface area contributed by atoms with Gasteiger partial charge in [0.1, 0.15) is 6.10 Å². The molecule has 1 aromatic heterocycles. The second kappa shape index (κ2) is 7.19. The Kier molecular flexibility index (Phi) is 4.82. The number of aliphatic hydroxyl groups excluding tert-OH is 1. The van der Waals surface area contributed by atoms with Gasteiger partial charge in [-0.2, -0.15) is 0 Å². The van der Waals surface area contributed by atoms with E-state index in [-0.39, 0.29) is 12.5 Å². The zero-order valence-electron chi connectivity index (χ0n) is 13.2. The van der Waals surface area contributed by atoms with E-state index in [0.29, 0.717) is 6.42 Å². The molecule has 2 atom stereocenters. The molecule has 0 radical (unpaired) electrons. The maximum atomic E-state index is 11.2. The fourth-order valence-electron chi connectivity index (χ4n) is 3.11. The fraction of sp³-hybridized carbons (Fsp3) is 0.211. The van der Waals surface area contributed by atoms with Crippen molar-refractivity contribution in [2.24, 2.45) is 5.73 Å². The van der Waals surface area contributed by atoms with Crippen LogP contribution < -0.4 is 5.73 Å². The summed E-state index contributed by atoms with van der Waals surface area (Å²) in [5, 5.41) is 10.8. The van der Waals surface area contributed by atoms with Gasteiger partial charge in [-0.3, -0.25) is 0 Å². The van der Waals surface area contributed by atoms with E-state index in [2.05, 4.69) is 4.98 Å². The molecule has 0 spiro atoms.